The van der Waals surface area contributed by atoms with Crippen molar-refractivity contribution in [3.8, 4) is 0 Å². The quantitative estimate of drug-likeness (QED) is 0.0262. The molecule has 0 N–H and O–H groups in total. The molecule has 0 saturated carbocycles. The summed E-state index contributed by atoms with van der Waals surface area (Å²) in [6.45, 7) is 6.33. The van der Waals surface area contributed by atoms with Gasteiger partial charge >= 0.3 is 17.9 Å². The van der Waals surface area contributed by atoms with Crippen LogP contribution in [-0.4, -0.2) is 37.2 Å². The Morgan fingerprint density at radius 3 is 0.953 bits per heavy atom. The minimum absolute atomic E-state index is 0.0956. The smallest absolute Gasteiger partial charge is 0.306 e. The first kappa shape index (κ1) is 60.1. The molecule has 0 fully saturated rings. The van der Waals surface area contributed by atoms with Gasteiger partial charge in [0.25, 0.3) is 0 Å². The molecule has 0 aliphatic carbocycles. The molecule has 6 heteroatoms. The van der Waals surface area contributed by atoms with Gasteiger partial charge in [0, 0.05) is 19.3 Å². The van der Waals surface area contributed by atoms with E-state index in [-0.39, 0.29) is 31.1 Å². The lowest BCUT2D eigenvalue weighted by Crippen LogP contribution is -2.30. The van der Waals surface area contributed by atoms with E-state index in [1.807, 2.05) is 0 Å². The van der Waals surface area contributed by atoms with Crippen molar-refractivity contribution in [2.24, 2.45) is 0 Å². The van der Waals surface area contributed by atoms with Crippen molar-refractivity contribution in [3.05, 3.63) is 109 Å². The van der Waals surface area contributed by atoms with Crippen LogP contribution in [0.15, 0.2) is 109 Å². The summed E-state index contributed by atoms with van der Waals surface area (Å²) in [5.41, 5.74) is 0. The molecule has 0 rings (SSSR count). The van der Waals surface area contributed by atoms with Gasteiger partial charge in [-0.3, -0.25) is 14.4 Å². The van der Waals surface area contributed by atoms with Gasteiger partial charge in [-0.1, -0.05) is 207 Å². The highest BCUT2D eigenvalue weighted by molar-refractivity contribution is 5.71. The van der Waals surface area contributed by atoms with E-state index in [2.05, 4.69) is 130 Å². The van der Waals surface area contributed by atoms with E-state index >= 15 is 0 Å². The Balaban J connectivity index is 4.39. The molecule has 362 valence electrons. The Labute approximate surface area is 393 Å². The fourth-order valence-corrected chi connectivity index (χ4v) is 6.69. The first-order chi connectivity index (χ1) is 31.5. The Bertz CT molecular complexity index is 1340. The third-order valence-electron chi connectivity index (χ3n) is 10.5. The van der Waals surface area contributed by atoms with Crippen molar-refractivity contribution in [2.75, 3.05) is 13.2 Å². The van der Waals surface area contributed by atoms with E-state index in [1.54, 1.807) is 0 Å². The zero-order valence-electron chi connectivity index (χ0n) is 41.3. The molecule has 0 aromatic carbocycles. The van der Waals surface area contributed by atoms with Gasteiger partial charge in [0.05, 0.1) is 0 Å². The molecule has 6 nitrogen and oxygen atoms in total. The average molecular weight is 887 g/mol. The lowest BCUT2D eigenvalue weighted by Gasteiger charge is -2.18. The van der Waals surface area contributed by atoms with Gasteiger partial charge in [0.15, 0.2) is 6.10 Å². The topological polar surface area (TPSA) is 78.9 Å². The number of allylic oxidation sites excluding steroid dienone is 18. The number of carbonyl (C=O) groups is 3. The first-order valence-corrected chi connectivity index (χ1v) is 25.9. The molecule has 0 aliphatic rings. The van der Waals surface area contributed by atoms with Crippen LogP contribution in [0.2, 0.25) is 0 Å². The lowest BCUT2D eigenvalue weighted by atomic mass is 10.1. The van der Waals surface area contributed by atoms with E-state index in [9.17, 15) is 14.4 Å². The van der Waals surface area contributed by atoms with Gasteiger partial charge in [0.1, 0.15) is 13.2 Å². The van der Waals surface area contributed by atoms with Gasteiger partial charge in [-0.2, -0.15) is 0 Å². The molecular formula is C58H94O6. The summed E-state index contributed by atoms with van der Waals surface area (Å²) in [5.74, 6) is -0.949. The Hall–Kier alpha value is -3.93. The van der Waals surface area contributed by atoms with Crippen molar-refractivity contribution in [1.29, 1.82) is 0 Å². The van der Waals surface area contributed by atoms with Crippen molar-refractivity contribution in [3.63, 3.8) is 0 Å². The summed E-state index contributed by atoms with van der Waals surface area (Å²) in [7, 11) is 0. The number of esters is 3. The highest BCUT2D eigenvalue weighted by Crippen LogP contribution is 2.13. The van der Waals surface area contributed by atoms with Crippen molar-refractivity contribution >= 4 is 17.9 Å². The first-order valence-electron chi connectivity index (χ1n) is 25.9. The second-order valence-electron chi connectivity index (χ2n) is 16.7. The molecule has 0 aliphatic heterocycles. The van der Waals surface area contributed by atoms with Crippen LogP contribution in [0.1, 0.15) is 220 Å². The van der Waals surface area contributed by atoms with Crippen LogP contribution in [0.5, 0.6) is 0 Å². The van der Waals surface area contributed by atoms with Gasteiger partial charge < -0.3 is 14.2 Å². The molecule has 1 atom stereocenters. The van der Waals surface area contributed by atoms with E-state index < -0.39 is 6.10 Å². The highest BCUT2D eigenvalue weighted by atomic mass is 16.6. The van der Waals surface area contributed by atoms with Crippen molar-refractivity contribution in [1.82, 2.24) is 0 Å². The maximum absolute atomic E-state index is 12.8. The molecule has 64 heavy (non-hydrogen) atoms. The molecule has 0 spiro atoms. The monoisotopic (exact) mass is 887 g/mol. The SMILES string of the molecule is CC/C=C\C/C=C\C/C=C\C/C=C\C/C=C\CCCCCCCC(=O)OCC(COC(=O)CCCCCCCCCC)OC(=O)CCCCCC/C=C\C/C=C\C/C=C\C/C=C\CC. The van der Waals surface area contributed by atoms with E-state index in [0.29, 0.717) is 19.3 Å². The number of unbranched alkanes of at least 4 members (excludes halogenated alkanes) is 16. The Morgan fingerprint density at radius 1 is 0.328 bits per heavy atom. The normalized spacial score (nSPS) is 13.0. The molecule has 0 amide bonds. The molecular weight excluding hydrogens is 793 g/mol. The lowest BCUT2D eigenvalue weighted by molar-refractivity contribution is -0.167. The van der Waals surface area contributed by atoms with Crippen LogP contribution in [0.3, 0.4) is 0 Å². The van der Waals surface area contributed by atoms with E-state index in [4.69, 9.17) is 14.2 Å². The van der Waals surface area contributed by atoms with Crippen molar-refractivity contribution in [2.45, 2.75) is 226 Å². The number of rotatable bonds is 45. The Kier molecular flexibility index (Phi) is 48.5. The predicted octanol–water partition coefficient (Wildman–Crippen LogP) is 17.1. The third kappa shape index (κ3) is 49.1. The Morgan fingerprint density at radius 2 is 0.609 bits per heavy atom. The number of hydrogen-bond donors (Lipinski definition) is 0. The zero-order valence-corrected chi connectivity index (χ0v) is 41.3. The summed E-state index contributed by atoms with van der Waals surface area (Å²) >= 11 is 0. The molecule has 0 bridgehead atoms. The summed E-state index contributed by atoms with van der Waals surface area (Å²) < 4.78 is 16.7. The van der Waals surface area contributed by atoms with E-state index in [1.165, 1.54) is 32.1 Å². The molecule has 0 radical (unpaired) electrons. The van der Waals surface area contributed by atoms with Crippen LogP contribution >= 0.6 is 0 Å². The number of ether oxygens (including phenoxy) is 3. The summed E-state index contributed by atoms with van der Waals surface area (Å²) in [4.78, 5) is 37.9. The van der Waals surface area contributed by atoms with Crippen LogP contribution in [0.4, 0.5) is 0 Å². The standard InChI is InChI=1S/C58H94O6/c1-4-7-10-13-16-19-21-23-25-27-28-29-30-32-33-35-37-39-42-45-48-51-57(60)63-54-55(53-62-56(59)50-47-44-41-18-15-12-9-6-3)64-58(61)52-49-46-43-40-38-36-34-31-26-24-22-20-17-14-11-8-5-2/h7-8,10-11,16-17,19-20,23-26,28-29,32-34,36,55H,4-6,9,12-15,18,21-22,27,30-31,35,37-54H2,1-3H3/b10-7-,11-8-,19-16-,20-17-,25-23-,26-24-,29-28-,33-32-,36-34-. The molecule has 0 saturated heterocycles. The summed E-state index contributed by atoms with van der Waals surface area (Å²) in [5, 5.41) is 0. The summed E-state index contributed by atoms with van der Waals surface area (Å²) in [6.07, 6.45) is 69.4. The maximum Gasteiger partial charge on any atom is 0.306 e. The summed E-state index contributed by atoms with van der Waals surface area (Å²) in [6, 6.07) is 0. The van der Waals surface area contributed by atoms with Gasteiger partial charge in [0.2, 0.25) is 0 Å². The van der Waals surface area contributed by atoms with Gasteiger partial charge in [-0.15, -0.1) is 0 Å². The van der Waals surface area contributed by atoms with E-state index in [0.717, 1.165) is 148 Å². The average Bonchev–Trinajstić information content (AvgIpc) is 3.29. The molecule has 0 aromatic rings. The second-order valence-corrected chi connectivity index (χ2v) is 16.7. The van der Waals surface area contributed by atoms with Gasteiger partial charge in [-0.25, -0.2) is 0 Å². The third-order valence-corrected chi connectivity index (χ3v) is 10.5. The van der Waals surface area contributed by atoms with Crippen LogP contribution < -0.4 is 0 Å². The minimum atomic E-state index is -0.798. The molecule has 0 aromatic heterocycles. The molecule has 0 heterocycles. The fourth-order valence-electron chi connectivity index (χ4n) is 6.69. The largest absolute Gasteiger partial charge is 0.462 e. The maximum atomic E-state index is 12.8. The van der Waals surface area contributed by atoms with Gasteiger partial charge in [-0.05, 0) is 103 Å². The minimum Gasteiger partial charge on any atom is -0.462 e. The van der Waals surface area contributed by atoms with Crippen molar-refractivity contribution < 1.29 is 28.6 Å². The van der Waals surface area contributed by atoms with Crippen LogP contribution in [0, 0.1) is 0 Å². The predicted molar refractivity (Wildman–Crippen MR) is 274 cm³/mol. The zero-order chi connectivity index (χ0) is 46.5. The number of carbonyl (C=O) groups excluding carboxylic acids is 3. The number of hydrogen-bond acceptors (Lipinski definition) is 6. The second kappa shape index (κ2) is 51.7. The van der Waals surface area contributed by atoms with Crippen LogP contribution in [0.25, 0.3) is 0 Å². The van der Waals surface area contributed by atoms with Crippen LogP contribution in [-0.2, 0) is 28.6 Å². The fraction of sp³-hybridized carbons (Fsp3) is 0.638. The molecule has 1 unspecified atom stereocenters. The highest BCUT2D eigenvalue weighted by Gasteiger charge is 2.19.